The molecule has 0 saturated carbocycles. The summed E-state index contributed by atoms with van der Waals surface area (Å²) in [5.41, 5.74) is 44.0. The van der Waals surface area contributed by atoms with Crippen LogP contribution in [0.5, 0.6) is 0 Å². The molecule has 0 N–H and O–H groups in total. The molecule has 2 aromatic heterocycles. The van der Waals surface area contributed by atoms with Crippen molar-refractivity contribution in [1.82, 2.24) is 9.13 Å². The van der Waals surface area contributed by atoms with E-state index in [0.29, 0.717) is 0 Å². The van der Waals surface area contributed by atoms with Crippen molar-refractivity contribution < 1.29 is 0 Å². The molecule has 4 heterocycles. The minimum Gasteiger partial charge on any atom is -0.310 e. The van der Waals surface area contributed by atoms with E-state index in [9.17, 15) is 0 Å². The van der Waals surface area contributed by atoms with E-state index in [2.05, 4.69) is 505 Å². The fraction of sp³-hybridized carbons (Fsp3) is 0.0806. The number of benzene rings is 19. The predicted molar refractivity (Wildman–Crippen MR) is 550 cm³/mol. The molecule has 614 valence electrons. The number of fused-ring (bicyclic) bond motifs is 10. The molecule has 129 heavy (non-hydrogen) atoms. The van der Waals surface area contributed by atoms with Crippen LogP contribution in [0.1, 0.15) is 63.8 Å². The van der Waals surface area contributed by atoms with E-state index >= 15 is 0 Å². The fourth-order valence-corrected chi connectivity index (χ4v) is 20.6. The van der Waals surface area contributed by atoms with Crippen LogP contribution in [0.25, 0.3) is 166 Å². The normalized spacial score (nSPS) is 12.4. The van der Waals surface area contributed by atoms with Crippen molar-refractivity contribution in [2.75, 3.05) is 9.80 Å². The number of para-hydroxylation sites is 1. The first-order chi connectivity index (χ1) is 63.0. The van der Waals surface area contributed by atoms with Gasteiger partial charge in [0.2, 0.25) is 0 Å². The maximum absolute atomic E-state index is 2.76. The lowest BCUT2D eigenvalue weighted by Crippen LogP contribution is -2.61. The number of hydrogen-bond acceptors (Lipinski definition) is 2. The van der Waals surface area contributed by atoms with Crippen molar-refractivity contribution in [3.8, 4) is 123 Å². The minimum absolute atomic E-state index is 0.285. The van der Waals surface area contributed by atoms with Crippen molar-refractivity contribution in [2.24, 2.45) is 0 Å². The largest absolute Gasteiger partial charge is 0.310 e. The van der Waals surface area contributed by atoms with E-state index < -0.39 is 0 Å². The molecule has 0 amide bonds. The Labute approximate surface area is 756 Å². The van der Waals surface area contributed by atoms with Gasteiger partial charge in [0.05, 0.1) is 33.4 Å². The van der Waals surface area contributed by atoms with Gasteiger partial charge in [0, 0.05) is 77.9 Å². The number of hydrogen-bond donors (Lipinski definition) is 0. The maximum atomic E-state index is 2.76. The van der Waals surface area contributed by atoms with Crippen LogP contribution in [0.2, 0.25) is 0 Å². The van der Waals surface area contributed by atoms with Crippen LogP contribution in [0.4, 0.5) is 34.1 Å². The molecule has 4 nitrogen and oxygen atoms in total. The SMILES string of the molecule is Cc1ccc2c(c1)c1ccccc1n2-c1ccc2c(c1)N(c1c(-c3ccccc3)cc(C(C)(C)C)cc1-c1cccc(-c3cccc(-c4ccccc4)c3)c1)c1cc(-c3ccccc3)cc3c1B2c1ccc(-n2c4ccc(C)cc4c4cc(-c5ccccc5)ccc42)cc1N3c1c(-c2ccccc2)cc(C(C)(C)C)cc1-c1cccc(-c2cccc(-c3ccccc3)c2)c1. The van der Waals surface area contributed by atoms with Gasteiger partial charge in [-0.1, -0.05) is 356 Å². The molecule has 0 spiro atoms. The van der Waals surface area contributed by atoms with Crippen LogP contribution in [0, 0.1) is 13.8 Å². The Kier molecular flexibility index (Phi) is 18.9. The summed E-state index contributed by atoms with van der Waals surface area (Å²) in [6.45, 7) is 18.4. The third-order valence-corrected chi connectivity index (χ3v) is 27.0. The number of aromatic nitrogens is 2. The van der Waals surface area contributed by atoms with E-state index in [-0.39, 0.29) is 17.5 Å². The van der Waals surface area contributed by atoms with Crippen LogP contribution in [-0.4, -0.2) is 15.8 Å². The molecule has 23 rings (SSSR count). The van der Waals surface area contributed by atoms with Crippen LogP contribution < -0.4 is 26.2 Å². The van der Waals surface area contributed by atoms with Gasteiger partial charge in [0.25, 0.3) is 6.71 Å². The third kappa shape index (κ3) is 13.7. The molecule has 0 aliphatic carbocycles. The molecule has 0 unspecified atom stereocenters. The lowest BCUT2D eigenvalue weighted by atomic mass is 9.33. The quantitative estimate of drug-likeness (QED) is 0.101. The first-order valence-electron chi connectivity index (χ1n) is 45.3. The third-order valence-electron chi connectivity index (χ3n) is 27.0. The zero-order chi connectivity index (χ0) is 86.9. The van der Waals surface area contributed by atoms with E-state index in [1.54, 1.807) is 0 Å². The van der Waals surface area contributed by atoms with Crippen LogP contribution in [-0.2, 0) is 10.8 Å². The summed E-state index contributed by atoms with van der Waals surface area (Å²) in [6.07, 6.45) is 0. The van der Waals surface area contributed by atoms with Crippen molar-refractivity contribution >= 4 is 101 Å². The first-order valence-corrected chi connectivity index (χ1v) is 45.3. The molecule has 0 saturated heterocycles. The van der Waals surface area contributed by atoms with Crippen LogP contribution in [0.15, 0.2) is 431 Å². The molecular weight excluding hydrogens is 1560 g/mol. The van der Waals surface area contributed by atoms with Gasteiger partial charge in [-0.25, -0.2) is 0 Å². The summed E-state index contributed by atoms with van der Waals surface area (Å²) in [4.78, 5) is 5.51. The smallest absolute Gasteiger partial charge is 0.252 e. The highest BCUT2D eigenvalue weighted by Gasteiger charge is 2.47. The molecule has 0 fully saturated rings. The van der Waals surface area contributed by atoms with Crippen LogP contribution >= 0.6 is 0 Å². The Morgan fingerprint density at radius 1 is 0.202 bits per heavy atom. The van der Waals surface area contributed by atoms with Gasteiger partial charge in [-0.05, 0) is 269 Å². The summed E-state index contributed by atoms with van der Waals surface area (Å²) >= 11 is 0. The Balaban J connectivity index is 0.878. The Morgan fingerprint density at radius 2 is 0.496 bits per heavy atom. The fourth-order valence-electron chi connectivity index (χ4n) is 20.6. The number of aryl methyl sites for hydroxylation is 2. The molecule has 2 aliphatic rings. The average molecular weight is 1650 g/mol. The molecule has 0 radical (unpaired) electrons. The van der Waals surface area contributed by atoms with Crippen molar-refractivity contribution in [2.45, 2.75) is 66.2 Å². The van der Waals surface area contributed by atoms with Crippen molar-refractivity contribution in [3.05, 3.63) is 453 Å². The Bertz CT molecular complexity index is 7990. The Hall–Kier alpha value is -15.6. The second kappa shape index (κ2) is 31.2. The van der Waals surface area contributed by atoms with E-state index in [1.165, 1.54) is 93.6 Å². The topological polar surface area (TPSA) is 16.3 Å². The zero-order valence-corrected chi connectivity index (χ0v) is 73.9. The van der Waals surface area contributed by atoms with Gasteiger partial charge in [-0.15, -0.1) is 0 Å². The second-order valence-corrected chi connectivity index (χ2v) is 37.3. The number of nitrogens with zero attached hydrogens (tertiary/aromatic N) is 4. The highest BCUT2D eigenvalue weighted by Crippen LogP contribution is 2.57. The molecule has 0 bridgehead atoms. The first kappa shape index (κ1) is 78.2. The van der Waals surface area contributed by atoms with Gasteiger partial charge >= 0.3 is 0 Å². The molecule has 2 aliphatic heterocycles. The summed E-state index contributed by atoms with van der Waals surface area (Å²) in [5.74, 6) is 0. The van der Waals surface area contributed by atoms with Gasteiger partial charge < -0.3 is 18.9 Å². The number of rotatable bonds is 14. The predicted octanol–water partition coefficient (Wildman–Crippen LogP) is 31.8. The zero-order valence-electron chi connectivity index (χ0n) is 73.9. The molecule has 21 aromatic rings. The van der Waals surface area contributed by atoms with Gasteiger partial charge in [0.1, 0.15) is 0 Å². The maximum Gasteiger partial charge on any atom is 0.252 e. The summed E-state index contributed by atoms with van der Waals surface area (Å²) in [5, 5.41) is 4.86. The lowest BCUT2D eigenvalue weighted by molar-refractivity contribution is 0.590. The minimum atomic E-state index is -0.342. The summed E-state index contributed by atoms with van der Waals surface area (Å²) in [6, 6.07) is 164. The highest BCUT2D eigenvalue weighted by atomic mass is 15.2. The van der Waals surface area contributed by atoms with Gasteiger partial charge in [-0.2, -0.15) is 0 Å². The second-order valence-electron chi connectivity index (χ2n) is 37.3. The van der Waals surface area contributed by atoms with Gasteiger partial charge in [0.15, 0.2) is 0 Å². The number of anilines is 6. The van der Waals surface area contributed by atoms with E-state index in [0.717, 1.165) is 145 Å². The standard InChI is InChI=1S/C124H95BN4/c1-80-55-62-113-107(65-80)102-53-27-28-54-112(102)126(113)100-58-60-110-116(78-100)128(121-103(86-41-23-13-24-42-86)74-98(123(3,4)5)76-105(121)95-51-31-49-92(69-95)90-47-29-45-88(67-90)82-33-15-9-16-34-82)118-72-97(85-39-21-12-22-40-85)73-119-120(118)125(110)111-61-59-101(127-114-63-56-81(2)66-108(114)109-71-94(57-64-115(109)127)84-37-19-11-20-38-84)79-117(111)129(119)122-104(87-43-25-14-26-44-87)75-99(124(6,7)8)77-106(122)96-52-32-50-93(70-96)91-48-30-46-89(68-91)83-35-17-10-18-36-83/h9-79H,1-8H3. The van der Waals surface area contributed by atoms with Crippen LogP contribution in [0.3, 0.4) is 0 Å². The Morgan fingerprint density at radius 3 is 0.891 bits per heavy atom. The highest BCUT2D eigenvalue weighted by molar-refractivity contribution is 7.00. The monoisotopic (exact) mass is 1650 g/mol. The lowest BCUT2D eigenvalue weighted by Gasteiger charge is -2.46. The van der Waals surface area contributed by atoms with Crippen molar-refractivity contribution in [1.29, 1.82) is 0 Å². The summed E-state index contributed by atoms with van der Waals surface area (Å²) < 4.78 is 5.08. The molecule has 5 heteroatoms. The molecule has 0 atom stereocenters. The summed E-state index contributed by atoms with van der Waals surface area (Å²) in [7, 11) is 0. The van der Waals surface area contributed by atoms with Crippen molar-refractivity contribution in [3.63, 3.8) is 0 Å². The molecular formula is C124H95BN4. The molecule has 19 aromatic carbocycles. The van der Waals surface area contributed by atoms with Gasteiger partial charge in [-0.3, -0.25) is 0 Å². The average Bonchev–Trinajstić information content (AvgIpc) is 1.18. The van der Waals surface area contributed by atoms with E-state index in [1.807, 2.05) is 0 Å². The van der Waals surface area contributed by atoms with E-state index in [4.69, 9.17) is 0 Å².